The summed E-state index contributed by atoms with van der Waals surface area (Å²) in [6.45, 7) is 10.8. The molecule has 2 rings (SSSR count). The fourth-order valence-electron chi connectivity index (χ4n) is 3.25. The molecule has 0 bridgehead atoms. The molecule has 0 unspecified atom stereocenters. The molecule has 0 spiro atoms. The zero-order chi connectivity index (χ0) is 19.9. The Kier molecular flexibility index (Phi) is 5.01. The Balaban J connectivity index is 2.78. The number of esters is 1. The highest BCUT2D eigenvalue weighted by molar-refractivity contribution is 6.09. The zero-order valence-corrected chi connectivity index (χ0v) is 16.4. The van der Waals surface area contributed by atoms with E-state index in [1.807, 2.05) is 6.07 Å². The first-order valence-electron chi connectivity index (χ1n) is 8.51. The number of fused-ring (bicyclic) bond motifs is 1. The molecular weight excluding hydrogens is 330 g/mol. The van der Waals surface area contributed by atoms with Crippen molar-refractivity contribution in [2.45, 2.75) is 53.4 Å². The lowest BCUT2D eigenvalue weighted by molar-refractivity contribution is -0.132. The molecular formula is C21H25NO4. The average molecular weight is 355 g/mol. The van der Waals surface area contributed by atoms with E-state index in [1.54, 1.807) is 26.8 Å². The minimum absolute atomic E-state index is 0.170. The number of benzene rings is 1. The zero-order valence-electron chi connectivity index (χ0n) is 16.4. The molecule has 0 heterocycles. The van der Waals surface area contributed by atoms with E-state index < -0.39 is 11.4 Å². The molecule has 1 aromatic rings. The summed E-state index contributed by atoms with van der Waals surface area (Å²) >= 11 is 0. The van der Waals surface area contributed by atoms with Gasteiger partial charge in [-0.3, -0.25) is 9.59 Å². The van der Waals surface area contributed by atoms with Crippen molar-refractivity contribution in [1.82, 2.24) is 0 Å². The number of nitrogens with zero attached hydrogens (tertiary/aromatic N) is 1. The monoisotopic (exact) mass is 355 g/mol. The first kappa shape index (κ1) is 19.7. The van der Waals surface area contributed by atoms with Crippen LogP contribution in [0.4, 0.5) is 0 Å². The molecule has 0 aromatic heterocycles. The van der Waals surface area contributed by atoms with Crippen LogP contribution in [0.15, 0.2) is 17.7 Å². The van der Waals surface area contributed by atoms with E-state index in [-0.39, 0.29) is 22.5 Å². The largest absolute Gasteiger partial charge is 0.493 e. The molecule has 0 amide bonds. The van der Waals surface area contributed by atoms with Crippen molar-refractivity contribution < 1.29 is 19.1 Å². The third-order valence-electron chi connectivity index (χ3n) is 4.55. The van der Waals surface area contributed by atoms with Gasteiger partial charge in [-0.1, -0.05) is 34.6 Å². The summed E-state index contributed by atoms with van der Waals surface area (Å²) in [7, 11) is 1.51. The number of methoxy groups -OCH3 is 1. The maximum atomic E-state index is 12.8. The third kappa shape index (κ3) is 3.50. The van der Waals surface area contributed by atoms with Crippen LogP contribution < -0.4 is 9.47 Å². The number of carbonyl (C=O) groups is 2. The van der Waals surface area contributed by atoms with Crippen LogP contribution in [0.1, 0.15) is 59.1 Å². The number of hydrogen-bond acceptors (Lipinski definition) is 5. The number of ketones is 1. The Morgan fingerprint density at radius 1 is 1.19 bits per heavy atom. The summed E-state index contributed by atoms with van der Waals surface area (Å²) in [6.07, 6.45) is 0.555. The van der Waals surface area contributed by atoms with E-state index in [2.05, 4.69) is 19.9 Å². The summed E-state index contributed by atoms with van der Waals surface area (Å²) in [5.74, 6) is 0.0872. The predicted molar refractivity (Wildman–Crippen MR) is 98.9 cm³/mol. The highest BCUT2D eigenvalue weighted by atomic mass is 16.6. The number of ether oxygens (including phenoxy) is 2. The van der Waals surface area contributed by atoms with Crippen LogP contribution in [0.3, 0.4) is 0 Å². The summed E-state index contributed by atoms with van der Waals surface area (Å²) < 4.78 is 10.6. The molecule has 138 valence electrons. The first-order chi connectivity index (χ1) is 11.9. The van der Waals surface area contributed by atoms with Crippen molar-refractivity contribution in [3.05, 3.63) is 28.8 Å². The lowest BCUT2D eigenvalue weighted by atomic mass is 9.83. The number of rotatable bonds is 3. The van der Waals surface area contributed by atoms with Crippen LogP contribution in [-0.4, -0.2) is 18.9 Å². The van der Waals surface area contributed by atoms with E-state index in [4.69, 9.17) is 9.47 Å². The van der Waals surface area contributed by atoms with Gasteiger partial charge < -0.3 is 9.47 Å². The normalized spacial score (nSPS) is 17.2. The molecule has 5 nitrogen and oxygen atoms in total. The predicted octanol–water partition coefficient (Wildman–Crippen LogP) is 4.19. The second-order valence-corrected chi connectivity index (χ2v) is 8.25. The van der Waals surface area contributed by atoms with Gasteiger partial charge in [0.05, 0.1) is 12.7 Å². The van der Waals surface area contributed by atoms with Crippen molar-refractivity contribution in [2.75, 3.05) is 7.11 Å². The number of Topliss-reactive ketones (excluding diaryl/α,β-unsaturated/α-hetero) is 1. The molecule has 0 atom stereocenters. The summed E-state index contributed by atoms with van der Waals surface area (Å²) in [5.41, 5.74) is 1.67. The highest BCUT2D eigenvalue weighted by Crippen LogP contribution is 2.50. The van der Waals surface area contributed by atoms with Gasteiger partial charge in [0, 0.05) is 12.3 Å². The third-order valence-corrected chi connectivity index (χ3v) is 4.55. The van der Waals surface area contributed by atoms with Crippen molar-refractivity contribution in [1.29, 1.82) is 5.26 Å². The summed E-state index contributed by atoms with van der Waals surface area (Å²) in [5, 5.41) is 9.69. The molecule has 0 radical (unpaired) electrons. The molecule has 0 aliphatic heterocycles. The van der Waals surface area contributed by atoms with Gasteiger partial charge in [0.1, 0.15) is 6.07 Å². The van der Waals surface area contributed by atoms with Gasteiger partial charge in [0.25, 0.3) is 0 Å². The summed E-state index contributed by atoms with van der Waals surface area (Å²) in [6, 6.07) is 5.64. The number of allylic oxidation sites excluding steroid dienone is 2. The minimum atomic E-state index is -0.657. The molecule has 0 saturated carbocycles. The Morgan fingerprint density at radius 3 is 2.27 bits per heavy atom. The SMILES string of the molecule is COc1cc2c(cc1OC(C)=O)C(=C(C#N)C(=O)C(C)(C)C)CC2(C)C. The Bertz CT molecular complexity index is 848. The van der Waals surface area contributed by atoms with Crippen LogP contribution in [0.2, 0.25) is 0 Å². The van der Waals surface area contributed by atoms with Gasteiger partial charge in [-0.25, -0.2) is 0 Å². The lowest BCUT2D eigenvalue weighted by Gasteiger charge is -2.20. The minimum Gasteiger partial charge on any atom is -0.493 e. The second kappa shape index (κ2) is 6.60. The molecule has 26 heavy (non-hydrogen) atoms. The van der Waals surface area contributed by atoms with Crippen molar-refractivity contribution in [3.8, 4) is 17.6 Å². The summed E-state index contributed by atoms with van der Waals surface area (Å²) in [4.78, 5) is 24.2. The Hall–Kier alpha value is -2.61. The molecule has 5 heteroatoms. The van der Waals surface area contributed by atoms with Crippen molar-refractivity contribution in [3.63, 3.8) is 0 Å². The van der Waals surface area contributed by atoms with Crippen LogP contribution in [-0.2, 0) is 15.0 Å². The van der Waals surface area contributed by atoms with E-state index in [0.29, 0.717) is 17.7 Å². The Labute approximate surface area is 154 Å². The van der Waals surface area contributed by atoms with Crippen LogP contribution in [0, 0.1) is 16.7 Å². The highest BCUT2D eigenvalue weighted by Gasteiger charge is 2.39. The Morgan fingerprint density at radius 2 is 1.81 bits per heavy atom. The van der Waals surface area contributed by atoms with Gasteiger partial charge in [-0.05, 0) is 40.7 Å². The standard InChI is InChI=1S/C21H25NO4/c1-12(23)26-18-8-13-14(15(11-22)19(24)20(2,3)4)10-21(5,6)16(13)9-17(18)25-7/h8-9H,10H2,1-7H3. The molecule has 1 aliphatic rings. The van der Waals surface area contributed by atoms with Crippen molar-refractivity contribution >= 4 is 17.3 Å². The van der Waals surface area contributed by atoms with Gasteiger partial charge in [-0.2, -0.15) is 5.26 Å². The first-order valence-corrected chi connectivity index (χ1v) is 8.51. The fraction of sp³-hybridized carbons (Fsp3) is 0.476. The van der Waals surface area contributed by atoms with E-state index in [9.17, 15) is 14.9 Å². The van der Waals surface area contributed by atoms with Crippen molar-refractivity contribution in [2.24, 2.45) is 5.41 Å². The lowest BCUT2D eigenvalue weighted by Crippen LogP contribution is -2.22. The van der Waals surface area contributed by atoms with Gasteiger partial charge >= 0.3 is 5.97 Å². The van der Waals surface area contributed by atoms with Gasteiger partial charge in [-0.15, -0.1) is 0 Å². The molecule has 0 fully saturated rings. The average Bonchev–Trinajstić information content (AvgIpc) is 2.76. The molecule has 1 aromatic carbocycles. The fourth-order valence-corrected chi connectivity index (χ4v) is 3.25. The van der Waals surface area contributed by atoms with E-state index in [1.165, 1.54) is 14.0 Å². The van der Waals surface area contributed by atoms with Gasteiger partial charge in [0.2, 0.25) is 0 Å². The maximum Gasteiger partial charge on any atom is 0.308 e. The van der Waals surface area contributed by atoms with E-state index in [0.717, 1.165) is 11.1 Å². The van der Waals surface area contributed by atoms with Crippen LogP contribution >= 0.6 is 0 Å². The molecule has 1 aliphatic carbocycles. The van der Waals surface area contributed by atoms with Gasteiger partial charge in [0.15, 0.2) is 17.3 Å². The quantitative estimate of drug-likeness (QED) is 0.352. The van der Waals surface area contributed by atoms with Crippen LogP contribution in [0.25, 0.3) is 5.57 Å². The smallest absolute Gasteiger partial charge is 0.308 e. The number of hydrogen-bond donors (Lipinski definition) is 0. The molecule has 0 N–H and O–H groups in total. The van der Waals surface area contributed by atoms with E-state index >= 15 is 0 Å². The molecule has 0 saturated heterocycles. The number of carbonyl (C=O) groups excluding carboxylic acids is 2. The van der Waals surface area contributed by atoms with Crippen LogP contribution in [0.5, 0.6) is 11.5 Å². The number of nitriles is 1. The maximum absolute atomic E-state index is 12.8. The second-order valence-electron chi connectivity index (χ2n) is 8.25. The topological polar surface area (TPSA) is 76.4 Å².